The summed E-state index contributed by atoms with van der Waals surface area (Å²) >= 11 is 0. The fraction of sp³-hybridized carbons (Fsp3) is 0.273. The lowest BCUT2D eigenvalue weighted by atomic mass is 10.1. The summed E-state index contributed by atoms with van der Waals surface area (Å²) in [6.07, 6.45) is 3.24. The second-order valence-corrected chi connectivity index (χ2v) is 7.18. The van der Waals surface area contributed by atoms with Gasteiger partial charge in [-0.2, -0.15) is 0 Å². The lowest BCUT2D eigenvalue weighted by Crippen LogP contribution is -2.29. The van der Waals surface area contributed by atoms with Gasteiger partial charge in [0.25, 0.3) is 5.91 Å². The van der Waals surface area contributed by atoms with Gasteiger partial charge in [-0.1, -0.05) is 48.5 Å². The predicted molar refractivity (Wildman–Crippen MR) is 111 cm³/mol. The van der Waals surface area contributed by atoms with Crippen molar-refractivity contribution < 1.29 is 4.79 Å². The summed E-state index contributed by atoms with van der Waals surface area (Å²) in [4.78, 5) is 20.6. The monoisotopic (exact) mass is 388 g/mol. The maximum atomic E-state index is 12.7. The van der Waals surface area contributed by atoms with Crippen LogP contribution in [-0.4, -0.2) is 30.9 Å². The number of aromatic nitrogens is 5. The molecule has 0 aliphatic heterocycles. The Balaban J connectivity index is 1.42. The molecule has 1 amide bonds. The van der Waals surface area contributed by atoms with E-state index in [0.717, 1.165) is 28.8 Å². The van der Waals surface area contributed by atoms with Crippen LogP contribution in [-0.2, 0) is 13.0 Å². The molecule has 2 heterocycles. The Labute approximate surface area is 169 Å². The summed E-state index contributed by atoms with van der Waals surface area (Å²) in [6.45, 7) is 4.73. The molecule has 29 heavy (non-hydrogen) atoms. The third-order valence-corrected chi connectivity index (χ3v) is 4.94. The highest BCUT2D eigenvalue weighted by Gasteiger charge is 2.19. The Morgan fingerprint density at radius 1 is 1.21 bits per heavy atom. The molecule has 0 saturated carbocycles. The number of hydrogen-bond acceptors (Lipinski definition) is 4. The SMILES string of the molecule is CC[C@H](NC(=O)c1cn(CCc2ccccc2)nn1)c1nc2ccc(C)cc2[nH]1. The fourth-order valence-corrected chi connectivity index (χ4v) is 3.30. The molecular formula is C22H24N6O. The van der Waals surface area contributed by atoms with Gasteiger partial charge in [0, 0.05) is 6.54 Å². The lowest BCUT2D eigenvalue weighted by molar-refractivity contribution is 0.0928. The highest BCUT2D eigenvalue weighted by Crippen LogP contribution is 2.19. The van der Waals surface area contributed by atoms with E-state index in [4.69, 9.17) is 0 Å². The van der Waals surface area contributed by atoms with Gasteiger partial charge in [-0.3, -0.25) is 9.48 Å². The zero-order valence-electron chi connectivity index (χ0n) is 16.6. The number of rotatable bonds is 7. The first-order chi connectivity index (χ1) is 14.1. The molecule has 0 aliphatic carbocycles. The zero-order chi connectivity index (χ0) is 20.2. The van der Waals surface area contributed by atoms with E-state index in [1.807, 2.05) is 44.2 Å². The highest BCUT2D eigenvalue weighted by atomic mass is 16.2. The number of imidazole rings is 1. The standard InChI is InChI=1S/C22H24N6O/c1-3-17(21-23-18-10-9-15(2)13-19(18)24-21)25-22(29)20-14-28(27-26-20)12-11-16-7-5-4-6-8-16/h4-10,13-14,17H,3,11-12H2,1-2H3,(H,23,24)(H,25,29)/t17-/m0/s1. The van der Waals surface area contributed by atoms with Crippen LogP contribution >= 0.6 is 0 Å². The summed E-state index contributed by atoms with van der Waals surface area (Å²) in [5.74, 6) is 0.498. The number of amides is 1. The van der Waals surface area contributed by atoms with E-state index in [9.17, 15) is 4.79 Å². The molecular weight excluding hydrogens is 364 g/mol. The van der Waals surface area contributed by atoms with E-state index in [0.29, 0.717) is 18.7 Å². The van der Waals surface area contributed by atoms with Crippen LogP contribution in [0.3, 0.4) is 0 Å². The van der Waals surface area contributed by atoms with Crippen molar-refractivity contribution in [3.63, 3.8) is 0 Å². The van der Waals surface area contributed by atoms with Crippen molar-refractivity contribution in [1.29, 1.82) is 0 Å². The molecule has 0 radical (unpaired) electrons. The smallest absolute Gasteiger partial charge is 0.274 e. The van der Waals surface area contributed by atoms with Crippen LogP contribution in [0, 0.1) is 6.92 Å². The molecule has 0 bridgehead atoms. The summed E-state index contributed by atoms with van der Waals surface area (Å²) in [5, 5.41) is 11.1. The lowest BCUT2D eigenvalue weighted by Gasteiger charge is -2.13. The first kappa shape index (κ1) is 18.9. The van der Waals surface area contributed by atoms with Crippen LogP contribution < -0.4 is 5.32 Å². The number of hydrogen-bond donors (Lipinski definition) is 2. The topological polar surface area (TPSA) is 88.5 Å². The number of nitrogens with one attached hydrogen (secondary N) is 2. The molecule has 2 aromatic heterocycles. The molecule has 7 heteroatoms. The fourth-order valence-electron chi connectivity index (χ4n) is 3.30. The van der Waals surface area contributed by atoms with E-state index in [2.05, 4.69) is 43.8 Å². The summed E-state index contributed by atoms with van der Waals surface area (Å²) in [6, 6.07) is 16.0. The maximum Gasteiger partial charge on any atom is 0.274 e. The molecule has 2 N–H and O–H groups in total. The molecule has 0 unspecified atom stereocenters. The third-order valence-electron chi connectivity index (χ3n) is 4.94. The number of benzene rings is 2. The van der Waals surface area contributed by atoms with Gasteiger partial charge in [0.1, 0.15) is 5.82 Å². The normalized spacial score (nSPS) is 12.2. The molecule has 0 spiro atoms. The van der Waals surface area contributed by atoms with Gasteiger partial charge in [-0.15, -0.1) is 5.10 Å². The van der Waals surface area contributed by atoms with Crippen LogP contribution in [0.5, 0.6) is 0 Å². The second-order valence-electron chi connectivity index (χ2n) is 7.18. The number of carbonyl (C=O) groups is 1. The molecule has 148 valence electrons. The van der Waals surface area contributed by atoms with Crippen LogP contribution in [0.1, 0.15) is 46.8 Å². The van der Waals surface area contributed by atoms with Crippen molar-refractivity contribution >= 4 is 16.9 Å². The van der Waals surface area contributed by atoms with E-state index in [1.165, 1.54) is 5.56 Å². The van der Waals surface area contributed by atoms with Crippen molar-refractivity contribution in [3.05, 3.63) is 77.4 Å². The van der Waals surface area contributed by atoms with Crippen molar-refractivity contribution in [3.8, 4) is 0 Å². The minimum atomic E-state index is -0.251. The minimum absolute atomic E-state index is 0.218. The first-order valence-corrected chi connectivity index (χ1v) is 9.83. The van der Waals surface area contributed by atoms with Crippen LogP contribution in [0.15, 0.2) is 54.7 Å². The molecule has 7 nitrogen and oxygen atoms in total. The highest BCUT2D eigenvalue weighted by molar-refractivity contribution is 5.92. The van der Waals surface area contributed by atoms with Gasteiger partial charge < -0.3 is 10.3 Å². The first-order valence-electron chi connectivity index (χ1n) is 9.83. The Hall–Kier alpha value is -3.48. The number of H-pyrrole nitrogens is 1. The van der Waals surface area contributed by atoms with Crippen molar-refractivity contribution in [1.82, 2.24) is 30.3 Å². The number of aryl methyl sites for hydroxylation is 3. The second kappa shape index (κ2) is 8.26. The molecule has 0 saturated heterocycles. The minimum Gasteiger partial charge on any atom is -0.341 e. The zero-order valence-corrected chi connectivity index (χ0v) is 16.6. The van der Waals surface area contributed by atoms with Crippen LogP contribution in [0.25, 0.3) is 11.0 Å². The van der Waals surface area contributed by atoms with E-state index in [-0.39, 0.29) is 11.9 Å². The number of fused-ring (bicyclic) bond motifs is 1. The van der Waals surface area contributed by atoms with E-state index < -0.39 is 0 Å². The van der Waals surface area contributed by atoms with Gasteiger partial charge in [-0.05, 0) is 43.0 Å². The predicted octanol–water partition coefficient (Wildman–Crippen LogP) is 3.59. The Kier molecular flexibility index (Phi) is 5.37. The number of carbonyl (C=O) groups excluding carboxylic acids is 1. The van der Waals surface area contributed by atoms with E-state index in [1.54, 1.807) is 10.9 Å². The van der Waals surface area contributed by atoms with Crippen molar-refractivity contribution in [2.75, 3.05) is 0 Å². The molecule has 2 aromatic carbocycles. The average molecular weight is 388 g/mol. The third kappa shape index (κ3) is 4.34. The van der Waals surface area contributed by atoms with Gasteiger partial charge in [0.15, 0.2) is 5.69 Å². The molecule has 1 atom stereocenters. The molecule has 0 fully saturated rings. The van der Waals surface area contributed by atoms with Gasteiger partial charge in [-0.25, -0.2) is 4.98 Å². The quantitative estimate of drug-likeness (QED) is 0.506. The summed E-state index contributed by atoms with van der Waals surface area (Å²) < 4.78 is 1.70. The Morgan fingerprint density at radius 2 is 2.03 bits per heavy atom. The largest absolute Gasteiger partial charge is 0.341 e. The molecule has 0 aliphatic rings. The van der Waals surface area contributed by atoms with Crippen LogP contribution in [0.4, 0.5) is 0 Å². The molecule has 4 rings (SSSR count). The maximum absolute atomic E-state index is 12.7. The Bertz CT molecular complexity index is 1110. The van der Waals surface area contributed by atoms with Crippen LogP contribution in [0.2, 0.25) is 0 Å². The van der Waals surface area contributed by atoms with E-state index >= 15 is 0 Å². The molecule has 4 aromatic rings. The number of nitrogens with zero attached hydrogens (tertiary/aromatic N) is 4. The van der Waals surface area contributed by atoms with Crippen molar-refractivity contribution in [2.24, 2.45) is 0 Å². The average Bonchev–Trinajstić information content (AvgIpc) is 3.38. The number of aromatic amines is 1. The summed E-state index contributed by atoms with van der Waals surface area (Å²) in [5.41, 5.74) is 4.56. The Morgan fingerprint density at radius 3 is 2.83 bits per heavy atom. The summed E-state index contributed by atoms with van der Waals surface area (Å²) in [7, 11) is 0. The van der Waals surface area contributed by atoms with Crippen molar-refractivity contribution in [2.45, 2.75) is 39.3 Å². The van der Waals surface area contributed by atoms with Gasteiger partial charge in [0.2, 0.25) is 0 Å². The van der Waals surface area contributed by atoms with Gasteiger partial charge in [0.05, 0.1) is 23.3 Å². The van der Waals surface area contributed by atoms with Gasteiger partial charge >= 0.3 is 0 Å².